The summed E-state index contributed by atoms with van der Waals surface area (Å²) in [6.07, 6.45) is 0. The van der Waals surface area contributed by atoms with Crippen LogP contribution in [-0.4, -0.2) is 48.4 Å². The highest BCUT2D eigenvalue weighted by molar-refractivity contribution is 5.92. The van der Waals surface area contributed by atoms with Crippen LogP contribution in [0.1, 0.15) is 29.8 Å². The number of nitrogens with two attached hydrogens (primary N) is 1. The second-order valence-electron chi connectivity index (χ2n) is 6.03. The molecule has 0 unspecified atom stereocenters. The van der Waals surface area contributed by atoms with Gasteiger partial charge in [0.25, 0.3) is 0 Å². The Bertz CT molecular complexity index is 434. The fourth-order valence-electron chi connectivity index (χ4n) is 2.68. The van der Waals surface area contributed by atoms with Crippen LogP contribution in [0.4, 0.5) is 0 Å². The molecular weight excluding hydrogens is 250 g/mol. The molecule has 1 fully saturated rings. The van der Waals surface area contributed by atoms with Crippen molar-refractivity contribution in [1.82, 2.24) is 9.80 Å². The molecule has 4 nitrogen and oxygen atoms in total. The molecule has 0 spiro atoms. The van der Waals surface area contributed by atoms with Crippen LogP contribution < -0.4 is 5.73 Å². The molecule has 2 N–H and O–H groups in total. The number of primary amides is 1. The van der Waals surface area contributed by atoms with Gasteiger partial charge < -0.3 is 10.6 Å². The predicted octanol–water partition coefficient (Wildman–Crippen LogP) is 1.56. The number of piperazine rings is 1. The summed E-state index contributed by atoms with van der Waals surface area (Å²) in [7, 11) is 0. The lowest BCUT2D eigenvalue weighted by atomic mass is 10.1. The van der Waals surface area contributed by atoms with Gasteiger partial charge in [-0.3, -0.25) is 9.69 Å². The highest BCUT2D eigenvalue weighted by Gasteiger charge is 2.17. The average Bonchev–Trinajstić information content (AvgIpc) is 2.41. The first-order chi connectivity index (χ1) is 9.54. The van der Waals surface area contributed by atoms with Crippen molar-refractivity contribution in [3.8, 4) is 0 Å². The molecule has 1 aromatic rings. The zero-order chi connectivity index (χ0) is 14.5. The second-order valence-corrected chi connectivity index (χ2v) is 6.03. The van der Waals surface area contributed by atoms with E-state index in [2.05, 4.69) is 23.6 Å². The molecule has 0 bridgehead atoms. The van der Waals surface area contributed by atoms with Crippen molar-refractivity contribution in [3.05, 3.63) is 35.4 Å². The van der Waals surface area contributed by atoms with E-state index < -0.39 is 0 Å². The van der Waals surface area contributed by atoms with E-state index in [1.807, 2.05) is 24.3 Å². The van der Waals surface area contributed by atoms with Crippen LogP contribution in [0, 0.1) is 5.92 Å². The normalized spacial score (nSPS) is 17.6. The third-order valence-electron chi connectivity index (χ3n) is 3.73. The van der Waals surface area contributed by atoms with E-state index in [0.29, 0.717) is 5.56 Å². The molecule has 0 radical (unpaired) electrons. The van der Waals surface area contributed by atoms with Crippen molar-refractivity contribution < 1.29 is 4.79 Å². The minimum absolute atomic E-state index is 0.362. The highest BCUT2D eigenvalue weighted by Crippen LogP contribution is 2.11. The largest absolute Gasteiger partial charge is 0.366 e. The fourth-order valence-corrected chi connectivity index (χ4v) is 2.68. The van der Waals surface area contributed by atoms with E-state index in [1.54, 1.807) is 0 Å². The quantitative estimate of drug-likeness (QED) is 0.887. The van der Waals surface area contributed by atoms with E-state index in [1.165, 1.54) is 12.1 Å². The number of benzene rings is 1. The Morgan fingerprint density at radius 3 is 2.15 bits per heavy atom. The summed E-state index contributed by atoms with van der Waals surface area (Å²) in [5, 5.41) is 0. The summed E-state index contributed by atoms with van der Waals surface area (Å²) in [5.41, 5.74) is 7.07. The molecule has 4 heteroatoms. The summed E-state index contributed by atoms with van der Waals surface area (Å²) in [5.74, 6) is 0.377. The Hall–Kier alpha value is -1.39. The van der Waals surface area contributed by atoms with Gasteiger partial charge in [0.15, 0.2) is 0 Å². The van der Waals surface area contributed by atoms with Gasteiger partial charge in [0.05, 0.1) is 0 Å². The smallest absolute Gasteiger partial charge is 0.248 e. The maximum Gasteiger partial charge on any atom is 0.248 e. The van der Waals surface area contributed by atoms with Crippen LogP contribution in [0.2, 0.25) is 0 Å². The van der Waals surface area contributed by atoms with Gasteiger partial charge in [0.2, 0.25) is 5.91 Å². The van der Waals surface area contributed by atoms with E-state index in [9.17, 15) is 4.79 Å². The van der Waals surface area contributed by atoms with E-state index in [-0.39, 0.29) is 5.91 Å². The van der Waals surface area contributed by atoms with Crippen molar-refractivity contribution in [2.45, 2.75) is 20.4 Å². The number of carbonyl (C=O) groups is 1. The first-order valence-electron chi connectivity index (χ1n) is 7.38. The molecule has 1 saturated heterocycles. The molecule has 0 atom stereocenters. The number of amides is 1. The second kappa shape index (κ2) is 6.86. The molecule has 1 heterocycles. The number of hydrogen-bond acceptors (Lipinski definition) is 3. The van der Waals surface area contributed by atoms with Gasteiger partial charge in [0.1, 0.15) is 0 Å². The van der Waals surface area contributed by atoms with Crippen molar-refractivity contribution >= 4 is 5.91 Å². The van der Waals surface area contributed by atoms with E-state index in [0.717, 1.165) is 38.6 Å². The van der Waals surface area contributed by atoms with E-state index in [4.69, 9.17) is 5.73 Å². The topological polar surface area (TPSA) is 49.6 Å². The first kappa shape index (κ1) is 15.0. The number of rotatable bonds is 5. The molecule has 2 rings (SSSR count). The maximum atomic E-state index is 11.0. The summed E-state index contributed by atoms with van der Waals surface area (Å²) < 4.78 is 0. The van der Waals surface area contributed by atoms with Gasteiger partial charge in [-0.05, 0) is 23.6 Å². The van der Waals surface area contributed by atoms with Crippen molar-refractivity contribution in [3.63, 3.8) is 0 Å². The predicted molar refractivity (Wildman–Crippen MR) is 81.5 cm³/mol. The lowest BCUT2D eigenvalue weighted by Gasteiger charge is -2.35. The molecule has 1 aliphatic rings. The van der Waals surface area contributed by atoms with Gasteiger partial charge in [-0.15, -0.1) is 0 Å². The fraction of sp³-hybridized carbons (Fsp3) is 0.562. The van der Waals surface area contributed by atoms with Gasteiger partial charge in [0, 0.05) is 44.8 Å². The zero-order valence-corrected chi connectivity index (χ0v) is 12.5. The molecule has 1 aliphatic heterocycles. The molecule has 1 amide bonds. The molecule has 110 valence electrons. The van der Waals surface area contributed by atoms with Gasteiger partial charge in [-0.25, -0.2) is 0 Å². The average molecular weight is 275 g/mol. The lowest BCUT2D eigenvalue weighted by molar-refractivity contribution is 0.1000. The van der Waals surface area contributed by atoms with Crippen LogP contribution in [0.15, 0.2) is 24.3 Å². The Balaban J connectivity index is 1.81. The Morgan fingerprint density at radius 2 is 1.65 bits per heavy atom. The van der Waals surface area contributed by atoms with Crippen LogP contribution in [0.25, 0.3) is 0 Å². The summed E-state index contributed by atoms with van der Waals surface area (Å²) >= 11 is 0. The minimum Gasteiger partial charge on any atom is -0.366 e. The minimum atomic E-state index is -0.362. The van der Waals surface area contributed by atoms with E-state index >= 15 is 0 Å². The molecule has 0 aliphatic carbocycles. The number of nitrogens with zero attached hydrogens (tertiary/aromatic N) is 2. The van der Waals surface area contributed by atoms with Crippen LogP contribution in [-0.2, 0) is 6.54 Å². The van der Waals surface area contributed by atoms with Crippen molar-refractivity contribution in [1.29, 1.82) is 0 Å². The molecule has 0 saturated carbocycles. The van der Waals surface area contributed by atoms with Crippen LogP contribution in [0.5, 0.6) is 0 Å². The van der Waals surface area contributed by atoms with Gasteiger partial charge in [-0.1, -0.05) is 26.0 Å². The van der Waals surface area contributed by atoms with Crippen LogP contribution in [0.3, 0.4) is 0 Å². The Kier molecular flexibility index (Phi) is 5.15. The first-order valence-corrected chi connectivity index (χ1v) is 7.38. The summed E-state index contributed by atoms with van der Waals surface area (Å²) in [6.45, 7) is 11.2. The lowest BCUT2D eigenvalue weighted by Crippen LogP contribution is -2.46. The highest BCUT2D eigenvalue weighted by atomic mass is 16.1. The zero-order valence-electron chi connectivity index (χ0n) is 12.5. The monoisotopic (exact) mass is 275 g/mol. The standard InChI is InChI=1S/C16H25N3O/c1-13(2)11-18-7-9-19(10-8-18)12-14-3-5-15(6-4-14)16(17)20/h3-6,13H,7-12H2,1-2H3,(H2,17,20). The Labute approximate surface area is 121 Å². The third-order valence-corrected chi connectivity index (χ3v) is 3.73. The molecule has 20 heavy (non-hydrogen) atoms. The molecule has 1 aromatic carbocycles. The van der Waals surface area contributed by atoms with Crippen LogP contribution >= 0.6 is 0 Å². The van der Waals surface area contributed by atoms with Gasteiger partial charge in [-0.2, -0.15) is 0 Å². The number of carbonyl (C=O) groups excluding carboxylic acids is 1. The molecular formula is C16H25N3O. The Morgan fingerprint density at radius 1 is 1.10 bits per heavy atom. The summed E-state index contributed by atoms with van der Waals surface area (Å²) in [4.78, 5) is 16.0. The SMILES string of the molecule is CC(C)CN1CCN(Cc2ccc(C(N)=O)cc2)CC1. The molecule has 0 aromatic heterocycles. The third kappa shape index (κ3) is 4.32. The maximum absolute atomic E-state index is 11.0. The van der Waals surface area contributed by atoms with Crippen molar-refractivity contribution in [2.75, 3.05) is 32.7 Å². The summed E-state index contributed by atoms with van der Waals surface area (Å²) in [6, 6.07) is 7.63. The number of hydrogen-bond donors (Lipinski definition) is 1. The van der Waals surface area contributed by atoms with Gasteiger partial charge >= 0.3 is 0 Å². The van der Waals surface area contributed by atoms with Crippen molar-refractivity contribution in [2.24, 2.45) is 11.7 Å².